The summed E-state index contributed by atoms with van der Waals surface area (Å²) in [6, 6.07) is 4.01. The highest BCUT2D eigenvalue weighted by atomic mass is 35.5. The Kier molecular flexibility index (Phi) is 4.52. The number of carbonyl (C=O) groups is 1. The molecule has 0 atom stereocenters. The fraction of sp³-hybridized carbons (Fsp3) is 0.467. The zero-order valence-corrected chi connectivity index (χ0v) is 13.9. The van der Waals surface area contributed by atoms with Gasteiger partial charge in [-0.3, -0.25) is 9.58 Å². The average molecular weight is 340 g/mol. The Morgan fingerprint density at radius 2 is 2.23 bits per heavy atom. The van der Waals surface area contributed by atoms with Gasteiger partial charge in [-0.05, 0) is 37.5 Å². The summed E-state index contributed by atoms with van der Waals surface area (Å²) in [7, 11) is 0. The van der Waals surface area contributed by atoms with Crippen molar-refractivity contribution in [2.24, 2.45) is 0 Å². The molecule has 3 rings (SSSR count). The van der Waals surface area contributed by atoms with Gasteiger partial charge in [0, 0.05) is 30.7 Å². The van der Waals surface area contributed by atoms with Crippen LogP contribution in [0.1, 0.15) is 39.8 Å². The molecule has 0 unspecified atom stereocenters. The standard InChI is InChI=1S/C15H18ClN3O2S/c1-10-8-12(22-14(10)16)9-18-5-2-11(3-6-18)19-7-4-13(17-19)15(20)21/h4,7-8,11H,2-3,5-6,9H2,1H3,(H,20,21). The van der Waals surface area contributed by atoms with E-state index in [0.29, 0.717) is 0 Å². The van der Waals surface area contributed by atoms with Crippen LogP contribution in [-0.2, 0) is 6.54 Å². The van der Waals surface area contributed by atoms with Crippen LogP contribution in [0.15, 0.2) is 18.3 Å². The fourth-order valence-corrected chi connectivity index (χ4v) is 4.10. The van der Waals surface area contributed by atoms with Crippen LogP contribution >= 0.6 is 22.9 Å². The minimum Gasteiger partial charge on any atom is -0.476 e. The quantitative estimate of drug-likeness (QED) is 0.927. The van der Waals surface area contributed by atoms with Crippen LogP contribution in [0.2, 0.25) is 4.34 Å². The molecule has 1 aliphatic rings. The Morgan fingerprint density at radius 3 is 2.77 bits per heavy atom. The number of piperidine rings is 1. The molecule has 1 aliphatic heterocycles. The molecule has 5 nitrogen and oxygen atoms in total. The topological polar surface area (TPSA) is 58.4 Å². The molecule has 3 heterocycles. The second kappa shape index (κ2) is 6.40. The monoisotopic (exact) mass is 339 g/mol. The molecule has 0 aromatic carbocycles. The summed E-state index contributed by atoms with van der Waals surface area (Å²) in [5.41, 5.74) is 1.26. The van der Waals surface area contributed by atoms with E-state index in [1.54, 1.807) is 28.3 Å². The maximum Gasteiger partial charge on any atom is 0.356 e. The molecule has 0 spiro atoms. The number of carboxylic acids is 1. The number of halogens is 1. The highest BCUT2D eigenvalue weighted by Gasteiger charge is 2.22. The third-order valence-electron chi connectivity index (χ3n) is 4.05. The Morgan fingerprint density at radius 1 is 1.50 bits per heavy atom. The number of aromatic nitrogens is 2. The maximum atomic E-state index is 10.9. The van der Waals surface area contributed by atoms with Gasteiger partial charge in [-0.25, -0.2) is 4.79 Å². The molecule has 0 radical (unpaired) electrons. The number of aromatic carboxylic acids is 1. The van der Waals surface area contributed by atoms with Gasteiger partial charge in [-0.2, -0.15) is 5.10 Å². The molecule has 118 valence electrons. The van der Waals surface area contributed by atoms with Gasteiger partial charge in [0.1, 0.15) is 0 Å². The summed E-state index contributed by atoms with van der Waals surface area (Å²) in [5, 5.41) is 13.1. The number of hydrogen-bond donors (Lipinski definition) is 1. The predicted octanol–water partition coefficient (Wildman–Crippen LogP) is 3.44. The van der Waals surface area contributed by atoms with E-state index in [2.05, 4.69) is 16.1 Å². The van der Waals surface area contributed by atoms with Crippen LogP contribution in [0.25, 0.3) is 0 Å². The van der Waals surface area contributed by atoms with Crippen molar-refractivity contribution in [2.45, 2.75) is 32.4 Å². The lowest BCUT2D eigenvalue weighted by molar-refractivity contribution is 0.0688. The molecule has 0 bridgehead atoms. The zero-order chi connectivity index (χ0) is 15.7. The molecule has 1 saturated heterocycles. The van der Waals surface area contributed by atoms with E-state index < -0.39 is 5.97 Å². The summed E-state index contributed by atoms with van der Waals surface area (Å²) in [6.45, 7) is 4.94. The van der Waals surface area contributed by atoms with Gasteiger partial charge < -0.3 is 5.11 Å². The average Bonchev–Trinajstić information content (AvgIpc) is 3.08. The van der Waals surface area contributed by atoms with E-state index in [4.69, 9.17) is 16.7 Å². The summed E-state index contributed by atoms with van der Waals surface area (Å²) in [5.74, 6) is -0.971. The number of thiophene rings is 1. The van der Waals surface area contributed by atoms with E-state index in [9.17, 15) is 4.79 Å². The number of carboxylic acid groups (broad SMARTS) is 1. The lowest BCUT2D eigenvalue weighted by Gasteiger charge is -2.31. The number of likely N-dealkylation sites (tertiary alicyclic amines) is 1. The highest BCUT2D eigenvalue weighted by molar-refractivity contribution is 7.16. The SMILES string of the molecule is Cc1cc(CN2CCC(n3ccc(C(=O)O)n3)CC2)sc1Cl. The molecule has 7 heteroatoms. The predicted molar refractivity (Wildman–Crippen MR) is 86.8 cm³/mol. The van der Waals surface area contributed by atoms with Crippen LogP contribution in [0.3, 0.4) is 0 Å². The third kappa shape index (κ3) is 3.34. The number of rotatable bonds is 4. The lowest BCUT2D eigenvalue weighted by atomic mass is 10.1. The molecular weight excluding hydrogens is 322 g/mol. The summed E-state index contributed by atoms with van der Waals surface area (Å²) in [6.07, 6.45) is 3.74. The normalized spacial score (nSPS) is 17.0. The van der Waals surface area contributed by atoms with Crippen molar-refractivity contribution in [2.75, 3.05) is 13.1 Å². The van der Waals surface area contributed by atoms with Crippen molar-refractivity contribution in [3.05, 3.63) is 38.8 Å². The van der Waals surface area contributed by atoms with E-state index in [-0.39, 0.29) is 11.7 Å². The van der Waals surface area contributed by atoms with Crippen LogP contribution in [0.5, 0.6) is 0 Å². The van der Waals surface area contributed by atoms with Gasteiger partial charge in [0.15, 0.2) is 5.69 Å². The Balaban J connectivity index is 1.56. The van der Waals surface area contributed by atoms with Gasteiger partial charge in [0.2, 0.25) is 0 Å². The van der Waals surface area contributed by atoms with Crippen molar-refractivity contribution in [3.8, 4) is 0 Å². The molecule has 0 saturated carbocycles. The fourth-order valence-electron chi connectivity index (χ4n) is 2.82. The first kappa shape index (κ1) is 15.5. The third-order valence-corrected chi connectivity index (χ3v) is 5.59. The Labute approximate surface area is 138 Å². The summed E-state index contributed by atoms with van der Waals surface area (Å²) >= 11 is 7.77. The van der Waals surface area contributed by atoms with E-state index >= 15 is 0 Å². The van der Waals surface area contributed by atoms with Crippen molar-refractivity contribution >= 4 is 28.9 Å². The molecule has 2 aromatic rings. The molecule has 22 heavy (non-hydrogen) atoms. The largest absolute Gasteiger partial charge is 0.476 e. The number of aryl methyl sites for hydroxylation is 1. The first-order chi connectivity index (χ1) is 10.5. The molecule has 2 aromatic heterocycles. The Hall–Kier alpha value is -1.37. The van der Waals surface area contributed by atoms with Crippen molar-refractivity contribution in [1.29, 1.82) is 0 Å². The van der Waals surface area contributed by atoms with E-state index in [1.165, 1.54) is 4.88 Å². The van der Waals surface area contributed by atoms with Crippen molar-refractivity contribution < 1.29 is 9.90 Å². The van der Waals surface area contributed by atoms with Gasteiger partial charge in [-0.15, -0.1) is 11.3 Å². The second-order valence-corrected chi connectivity index (χ2v) is 7.40. The van der Waals surface area contributed by atoms with E-state index in [0.717, 1.165) is 42.4 Å². The molecule has 0 amide bonds. The van der Waals surface area contributed by atoms with Gasteiger partial charge in [0.05, 0.1) is 10.4 Å². The van der Waals surface area contributed by atoms with Crippen molar-refractivity contribution in [3.63, 3.8) is 0 Å². The molecule has 1 fully saturated rings. The minimum atomic E-state index is -0.971. The van der Waals surface area contributed by atoms with Crippen molar-refractivity contribution in [1.82, 2.24) is 14.7 Å². The zero-order valence-electron chi connectivity index (χ0n) is 12.3. The van der Waals surface area contributed by atoms with E-state index in [1.807, 2.05) is 6.92 Å². The summed E-state index contributed by atoms with van der Waals surface area (Å²) in [4.78, 5) is 14.6. The smallest absolute Gasteiger partial charge is 0.356 e. The molecule has 0 aliphatic carbocycles. The Bertz CT molecular complexity index is 655. The van der Waals surface area contributed by atoms with Crippen LogP contribution < -0.4 is 0 Å². The van der Waals surface area contributed by atoms with Crippen LogP contribution in [0.4, 0.5) is 0 Å². The number of hydrogen-bond acceptors (Lipinski definition) is 4. The highest BCUT2D eigenvalue weighted by Crippen LogP contribution is 2.29. The maximum absolute atomic E-state index is 10.9. The van der Waals surface area contributed by atoms with Gasteiger partial charge >= 0.3 is 5.97 Å². The summed E-state index contributed by atoms with van der Waals surface area (Å²) < 4.78 is 2.68. The van der Waals surface area contributed by atoms with Gasteiger partial charge in [-0.1, -0.05) is 11.6 Å². The molecule has 1 N–H and O–H groups in total. The minimum absolute atomic E-state index is 0.117. The second-order valence-electron chi connectivity index (χ2n) is 5.66. The van der Waals surface area contributed by atoms with Gasteiger partial charge in [0.25, 0.3) is 0 Å². The lowest BCUT2D eigenvalue weighted by Crippen LogP contribution is -2.34. The van der Waals surface area contributed by atoms with Crippen LogP contribution in [-0.4, -0.2) is 38.8 Å². The van der Waals surface area contributed by atoms with Crippen LogP contribution in [0, 0.1) is 6.92 Å². The number of nitrogens with zero attached hydrogens (tertiary/aromatic N) is 3. The first-order valence-corrected chi connectivity index (χ1v) is 8.48. The first-order valence-electron chi connectivity index (χ1n) is 7.28. The molecular formula is C15H18ClN3O2S.